The van der Waals surface area contributed by atoms with Gasteiger partial charge in [-0.1, -0.05) is 32.1 Å². The Morgan fingerprint density at radius 3 is 2.62 bits per heavy atom. The lowest BCUT2D eigenvalue weighted by molar-refractivity contribution is 0.0925. The van der Waals surface area contributed by atoms with E-state index in [9.17, 15) is 0 Å². The van der Waals surface area contributed by atoms with Crippen molar-refractivity contribution in [3.8, 4) is 0 Å². The number of hydrazine groups is 1. The zero-order valence-electron chi connectivity index (χ0n) is 15.0. The van der Waals surface area contributed by atoms with Crippen LogP contribution in [-0.2, 0) is 0 Å². The number of allylic oxidation sites excluding steroid dienone is 1. The van der Waals surface area contributed by atoms with Gasteiger partial charge >= 0.3 is 0 Å². The van der Waals surface area contributed by atoms with E-state index in [-0.39, 0.29) is 5.54 Å². The average molecular weight is 293 g/mol. The summed E-state index contributed by atoms with van der Waals surface area (Å²) in [6.07, 6.45) is 5.85. The Labute approximate surface area is 132 Å². The second-order valence-electron chi connectivity index (χ2n) is 6.75. The monoisotopic (exact) mass is 293 g/mol. The van der Waals surface area contributed by atoms with E-state index in [1.807, 2.05) is 7.05 Å². The summed E-state index contributed by atoms with van der Waals surface area (Å²) in [6.45, 7) is 18.8. The number of hydrogen-bond donors (Lipinski definition) is 1. The lowest BCUT2D eigenvalue weighted by Crippen LogP contribution is -2.52. The van der Waals surface area contributed by atoms with Crippen LogP contribution in [0, 0.1) is 5.92 Å². The van der Waals surface area contributed by atoms with Crippen LogP contribution in [0.15, 0.2) is 23.9 Å². The first-order chi connectivity index (χ1) is 9.89. The lowest BCUT2D eigenvalue weighted by Gasteiger charge is -2.43. The van der Waals surface area contributed by atoms with E-state index in [2.05, 4.69) is 62.6 Å². The minimum atomic E-state index is 0.0975. The Morgan fingerprint density at radius 2 is 2.14 bits per heavy atom. The zero-order valence-corrected chi connectivity index (χ0v) is 15.0. The summed E-state index contributed by atoms with van der Waals surface area (Å²) in [5, 5.41) is 2.24. The van der Waals surface area contributed by atoms with Gasteiger partial charge in [0, 0.05) is 32.4 Å². The molecule has 3 heteroatoms. The van der Waals surface area contributed by atoms with Crippen molar-refractivity contribution >= 4 is 0 Å². The van der Waals surface area contributed by atoms with Gasteiger partial charge in [-0.3, -0.25) is 4.90 Å². The van der Waals surface area contributed by atoms with Crippen molar-refractivity contribution in [1.29, 1.82) is 0 Å². The maximum absolute atomic E-state index is 4.33. The molecule has 1 N–H and O–H groups in total. The summed E-state index contributed by atoms with van der Waals surface area (Å²) in [6, 6.07) is 0. The summed E-state index contributed by atoms with van der Waals surface area (Å²) in [5.41, 5.74) is 6.23. The molecule has 1 aliphatic rings. The molecule has 1 rings (SSSR count). The molecule has 1 aliphatic heterocycles. The van der Waals surface area contributed by atoms with Crippen molar-refractivity contribution in [2.75, 3.05) is 26.7 Å². The highest BCUT2D eigenvalue weighted by atomic mass is 15.5. The number of rotatable bonds is 7. The molecule has 3 nitrogen and oxygen atoms in total. The minimum Gasteiger partial charge on any atom is -0.307 e. The predicted molar refractivity (Wildman–Crippen MR) is 93.0 cm³/mol. The standard InChI is InChI=1S/C18H35N3/c1-8-16-11-12-20(14-17(16)9-2)13-15(4)21(19-7)18(5,6)10-3/h8,17,19H,4,9-14H2,1-3,5-7H3/b16-8-. The number of nitrogens with zero attached hydrogens (tertiary/aromatic N) is 2. The first-order valence-electron chi connectivity index (χ1n) is 8.42. The Morgan fingerprint density at radius 1 is 1.48 bits per heavy atom. The fourth-order valence-corrected chi connectivity index (χ4v) is 3.30. The van der Waals surface area contributed by atoms with E-state index in [0.29, 0.717) is 0 Å². The topological polar surface area (TPSA) is 18.5 Å². The highest BCUT2D eigenvalue weighted by Crippen LogP contribution is 2.27. The molecule has 1 heterocycles. The number of piperidine rings is 1. The quantitative estimate of drug-likeness (QED) is 0.569. The molecule has 0 aromatic carbocycles. The molecule has 1 unspecified atom stereocenters. The molecule has 0 aromatic heterocycles. The van der Waals surface area contributed by atoms with Crippen LogP contribution in [0.2, 0.25) is 0 Å². The van der Waals surface area contributed by atoms with E-state index < -0.39 is 0 Å². The minimum absolute atomic E-state index is 0.0975. The maximum atomic E-state index is 4.33. The molecule has 21 heavy (non-hydrogen) atoms. The molecule has 0 amide bonds. The molecule has 0 bridgehead atoms. The van der Waals surface area contributed by atoms with Gasteiger partial charge in [-0.15, -0.1) is 0 Å². The van der Waals surface area contributed by atoms with Crippen molar-refractivity contribution in [2.45, 2.75) is 59.4 Å². The van der Waals surface area contributed by atoms with Gasteiger partial charge in [-0.05, 0) is 46.0 Å². The number of likely N-dealkylation sites (tertiary alicyclic amines) is 1. The molecule has 0 radical (unpaired) electrons. The van der Waals surface area contributed by atoms with Crippen LogP contribution in [-0.4, -0.2) is 42.1 Å². The largest absolute Gasteiger partial charge is 0.307 e. The first kappa shape index (κ1) is 18.2. The third kappa shape index (κ3) is 4.58. The van der Waals surface area contributed by atoms with Gasteiger partial charge in [-0.2, -0.15) is 0 Å². The van der Waals surface area contributed by atoms with Crippen LogP contribution in [0.4, 0.5) is 0 Å². The maximum Gasteiger partial charge on any atom is 0.0501 e. The summed E-state index contributed by atoms with van der Waals surface area (Å²) in [5.74, 6) is 0.721. The van der Waals surface area contributed by atoms with Crippen molar-refractivity contribution in [2.24, 2.45) is 5.92 Å². The molecule has 0 spiro atoms. The highest BCUT2D eigenvalue weighted by Gasteiger charge is 2.28. The number of hydrogen-bond acceptors (Lipinski definition) is 3. The van der Waals surface area contributed by atoms with E-state index >= 15 is 0 Å². The molecule has 0 saturated carbocycles. The van der Waals surface area contributed by atoms with E-state index in [4.69, 9.17) is 0 Å². The summed E-state index contributed by atoms with van der Waals surface area (Å²) in [4.78, 5) is 2.56. The molecule has 122 valence electrons. The van der Waals surface area contributed by atoms with Crippen LogP contribution in [0.3, 0.4) is 0 Å². The lowest BCUT2D eigenvalue weighted by atomic mass is 9.89. The van der Waals surface area contributed by atoms with Crippen molar-refractivity contribution < 1.29 is 0 Å². The van der Waals surface area contributed by atoms with Crippen LogP contribution in [0.5, 0.6) is 0 Å². The molecule has 0 aromatic rings. The van der Waals surface area contributed by atoms with Gasteiger partial charge < -0.3 is 5.01 Å². The Hall–Kier alpha value is -0.800. The molecular formula is C18H35N3. The van der Waals surface area contributed by atoms with E-state index in [0.717, 1.165) is 25.4 Å². The third-order valence-corrected chi connectivity index (χ3v) is 5.00. The zero-order chi connectivity index (χ0) is 16.0. The van der Waals surface area contributed by atoms with Gasteiger partial charge in [-0.25, -0.2) is 5.43 Å². The van der Waals surface area contributed by atoms with Gasteiger partial charge in [0.2, 0.25) is 0 Å². The predicted octanol–water partition coefficient (Wildman–Crippen LogP) is 3.80. The van der Waals surface area contributed by atoms with Crippen LogP contribution >= 0.6 is 0 Å². The first-order valence-corrected chi connectivity index (χ1v) is 8.42. The Balaban J connectivity index is 2.66. The summed E-state index contributed by atoms with van der Waals surface area (Å²) in [7, 11) is 1.99. The van der Waals surface area contributed by atoms with Crippen LogP contribution < -0.4 is 5.43 Å². The second kappa shape index (κ2) is 8.00. The Kier molecular flexibility index (Phi) is 6.95. The van der Waals surface area contributed by atoms with Gasteiger partial charge in [0.25, 0.3) is 0 Å². The van der Waals surface area contributed by atoms with E-state index in [1.165, 1.54) is 25.1 Å². The molecule has 1 atom stereocenters. The molecule has 1 fully saturated rings. The normalized spacial score (nSPS) is 22.6. The van der Waals surface area contributed by atoms with Gasteiger partial charge in [0.05, 0.1) is 5.54 Å². The Bertz CT molecular complexity index is 371. The third-order valence-electron chi connectivity index (χ3n) is 5.00. The fraction of sp³-hybridized carbons (Fsp3) is 0.778. The van der Waals surface area contributed by atoms with Crippen molar-refractivity contribution in [3.05, 3.63) is 23.9 Å². The molecular weight excluding hydrogens is 258 g/mol. The van der Waals surface area contributed by atoms with Crippen molar-refractivity contribution in [1.82, 2.24) is 15.3 Å². The molecule has 1 saturated heterocycles. The smallest absolute Gasteiger partial charge is 0.0501 e. The second-order valence-corrected chi connectivity index (χ2v) is 6.75. The van der Waals surface area contributed by atoms with Crippen LogP contribution in [0.25, 0.3) is 0 Å². The SMILES string of the molecule is C=C(CN1CC/C(=C/C)C(CC)C1)N(NC)C(C)(C)CC. The molecule has 0 aliphatic carbocycles. The van der Waals surface area contributed by atoms with E-state index in [1.54, 1.807) is 5.57 Å². The highest BCUT2D eigenvalue weighted by molar-refractivity contribution is 5.11. The van der Waals surface area contributed by atoms with Gasteiger partial charge in [0.15, 0.2) is 0 Å². The van der Waals surface area contributed by atoms with Crippen molar-refractivity contribution in [3.63, 3.8) is 0 Å². The number of nitrogens with one attached hydrogen (secondary N) is 1. The summed E-state index contributed by atoms with van der Waals surface area (Å²) >= 11 is 0. The van der Waals surface area contributed by atoms with Gasteiger partial charge in [0.1, 0.15) is 0 Å². The summed E-state index contributed by atoms with van der Waals surface area (Å²) < 4.78 is 0. The van der Waals surface area contributed by atoms with Crippen LogP contribution in [0.1, 0.15) is 53.9 Å². The fourth-order valence-electron chi connectivity index (χ4n) is 3.30. The average Bonchev–Trinajstić information content (AvgIpc) is 2.47.